The van der Waals surface area contributed by atoms with Gasteiger partial charge in [0, 0.05) is 11.5 Å². The first-order chi connectivity index (χ1) is 10.9. The number of carboxylic acids is 1. The first-order valence-electron chi connectivity index (χ1n) is 9.09. The summed E-state index contributed by atoms with van der Waals surface area (Å²) < 4.78 is 0. The summed E-state index contributed by atoms with van der Waals surface area (Å²) in [6.45, 7) is 4.53. The van der Waals surface area contributed by atoms with Crippen LogP contribution in [0.4, 0.5) is 0 Å². The minimum Gasteiger partial charge on any atom is -0.481 e. The second kappa shape index (κ2) is 4.84. The summed E-state index contributed by atoms with van der Waals surface area (Å²) in [5.41, 5.74) is 0.0112. The molecule has 23 heavy (non-hydrogen) atoms. The second-order valence-electron chi connectivity index (χ2n) is 8.73. The van der Waals surface area contributed by atoms with Gasteiger partial charge in [0.1, 0.15) is 0 Å². The maximum Gasteiger partial charge on any atom is 0.307 e. The predicted molar refractivity (Wildman–Crippen MR) is 86.6 cm³/mol. The monoisotopic (exact) mass is 317 g/mol. The lowest BCUT2D eigenvalue weighted by Gasteiger charge is -2.58. The Morgan fingerprint density at radius 3 is 2.70 bits per heavy atom. The average molecular weight is 317 g/mol. The third-order valence-corrected chi connectivity index (χ3v) is 7.98. The Morgan fingerprint density at radius 2 is 1.96 bits per heavy atom. The van der Waals surface area contributed by atoms with Crippen LogP contribution in [0.2, 0.25) is 0 Å². The van der Waals surface area contributed by atoms with Crippen molar-refractivity contribution in [3.05, 3.63) is 12.2 Å². The van der Waals surface area contributed by atoms with Crippen LogP contribution in [0.5, 0.6) is 0 Å². The van der Waals surface area contributed by atoms with E-state index in [-0.39, 0.29) is 28.7 Å². The quantitative estimate of drug-likeness (QED) is 0.781. The predicted octanol–water partition coefficient (Wildman–Crippen LogP) is 2.98. The number of rotatable bonds is 1. The Labute approximate surface area is 137 Å². The van der Waals surface area contributed by atoms with E-state index in [2.05, 4.69) is 25.2 Å². The molecule has 1 heterocycles. The van der Waals surface area contributed by atoms with Gasteiger partial charge >= 0.3 is 5.97 Å². The van der Waals surface area contributed by atoms with Gasteiger partial charge in [-0.05, 0) is 67.8 Å². The standard InChI is InChI=1S/C19H27NO3/c1-18-9-7-13-11(12(18)4-5-14(18)17(22)23)3-6-15-19(13,2)10-8-16(21)20-15/h8,10-15H,3-7,9H2,1-2H3,(H,20,21)(H,22,23)/t11?,12-,13?,14+,15+,18-,19+/m0/s1. The molecule has 7 atom stereocenters. The smallest absolute Gasteiger partial charge is 0.307 e. The number of aliphatic carboxylic acids is 1. The van der Waals surface area contributed by atoms with Gasteiger partial charge in [-0.25, -0.2) is 0 Å². The lowest BCUT2D eigenvalue weighted by molar-refractivity contribution is -0.150. The molecular formula is C19H27NO3. The Balaban J connectivity index is 1.66. The van der Waals surface area contributed by atoms with Crippen molar-refractivity contribution in [2.24, 2.45) is 34.5 Å². The van der Waals surface area contributed by atoms with Crippen LogP contribution in [0.25, 0.3) is 0 Å². The number of fused-ring (bicyclic) bond motifs is 5. The van der Waals surface area contributed by atoms with Crippen molar-refractivity contribution in [2.75, 3.05) is 0 Å². The van der Waals surface area contributed by atoms with Gasteiger partial charge < -0.3 is 10.4 Å². The minimum atomic E-state index is -0.599. The SMILES string of the molecule is C[C@]12CCC3C(CC[C@H]4NC(=O)C=C[C@]34C)[C@@H]1CC[C@@H]2C(=O)O. The van der Waals surface area contributed by atoms with E-state index in [0.717, 1.165) is 38.5 Å². The minimum absolute atomic E-state index is 0.0299. The van der Waals surface area contributed by atoms with Crippen LogP contribution in [-0.4, -0.2) is 23.0 Å². The molecule has 3 fully saturated rings. The molecule has 0 aromatic carbocycles. The Morgan fingerprint density at radius 1 is 1.17 bits per heavy atom. The fraction of sp³-hybridized carbons (Fsp3) is 0.789. The van der Waals surface area contributed by atoms with Crippen molar-refractivity contribution in [3.63, 3.8) is 0 Å². The molecular weight excluding hydrogens is 290 g/mol. The van der Waals surface area contributed by atoms with Gasteiger partial charge in [-0.1, -0.05) is 19.9 Å². The van der Waals surface area contributed by atoms with E-state index in [9.17, 15) is 14.7 Å². The topological polar surface area (TPSA) is 66.4 Å². The van der Waals surface area contributed by atoms with E-state index >= 15 is 0 Å². The molecule has 0 spiro atoms. The van der Waals surface area contributed by atoms with Gasteiger partial charge in [0.15, 0.2) is 0 Å². The van der Waals surface area contributed by atoms with Crippen LogP contribution < -0.4 is 5.32 Å². The number of carbonyl (C=O) groups excluding carboxylic acids is 1. The fourth-order valence-corrected chi connectivity index (χ4v) is 6.74. The molecule has 0 saturated heterocycles. The molecule has 4 aliphatic rings. The van der Waals surface area contributed by atoms with Crippen molar-refractivity contribution in [1.29, 1.82) is 0 Å². The largest absolute Gasteiger partial charge is 0.481 e. The lowest BCUT2D eigenvalue weighted by Crippen LogP contribution is -2.59. The first-order valence-corrected chi connectivity index (χ1v) is 9.09. The summed E-state index contributed by atoms with van der Waals surface area (Å²) in [5, 5.41) is 12.8. The molecule has 0 aromatic heterocycles. The summed E-state index contributed by atoms with van der Waals surface area (Å²) in [5.74, 6) is 0.992. The van der Waals surface area contributed by atoms with Gasteiger partial charge in [-0.15, -0.1) is 0 Å². The van der Waals surface area contributed by atoms with Crippen molar-refractivity contribution in [2.45, 2.75) is 58.4 Å². The Bertz CT molecular complexity index is 585. The van der Waals surface area contributed by atoms with Crippen LogP contribution >= 0.6 is 0 Å². The molecule has 4 rings (SSSR count). The highest BCUT2D eigenvalue weighted by Gasteiger charge is 2.60. The number of carbonyl (C=O) groups is 2. The molecule has 126 valence electrons. The van der Waals surface area contributed by atoms with Gasteiger partial charge in [-0.2, -0.15) is 0 Å². The van der Waals surface area contributed by atoms with Gasteiger partial charge in [0.2, 0.25) is 5.91 Å². The molecule has 1 amide bonds. The van der Waals surface area contributed by atoms with E-state index in [1.807, 2.05) is 0 Å². The van der Waals surface area contributed by atoms with E-state index in [1.165, 1.54) is 0 Å². The van der Waals surface area contributed by atoms with Gasteiger partial charge in [-0.3, -0.25) is 9.59 Å². The summed E-state index contributed by atoms with van der Waals surface area (Å²) >= 11 is 0. The molecule has 0 radical (unpaired) electrons. The van der Waals surface area contributed by atoms with E-state index in [1.54, 1.807) is 6.08 Å². The highest BCUT2D eigenvalue weighted by atomic mass is 16.4. The zero-order chi connectivity index (χ0) is 16.4. The summed E-state index contributed by atoms with van der Waals surface area (Å²) in [7, 11) is 0. The number of amides is 1. The molecule has 3 saturated carbocycles. The maximum atomic E-state index is 11.7. The van der Waals surface area contributed by atoms with Gasteiger partial charge in [0.25, 0.3) is 0 Å². The van der Waals surface area contributed by atoms with E-state index < -0.39 is 5.97 Å². The molecule has 3 aliphatic carbocycles. The number of carboxylic acid groups (broad SMARTS) is 1. The molecule has 4 heteroatoms. The van der Waals surface area contributed by atoms with Crippen molar-refractivity contribution in [3.8, 4) is 0 Å². The zero-order valence-electron chi connectivity index (χ0n) is 14.0. The van der Waals surface area contributed by atoms with Crippen LogP contribution in [0, 0.1) is 34.5 Å². The second-order valence-corrected chi connectivity index (χ2v) is 8.73. The maximum absolute atomic E-state index is 11.7. The highest BCUT2D eigenvalue weighted by molar-refractivity contribution is 5.89. The van der Waals surface area contributed by atoms with E-state index in [4.69, 9.17) is 0 Å². The third kappa shape index (κ3) is 1.96. The molecule has 2 unspecified atom stereocenters. The van der Waals surface area contributed by atoms with Crippen molar-refractivity contribution < 1.29 is 14.7 Å². The number of hydrogen-bond donors (Lipinski definition) is 2. The average Bonchev–Trinajstić information content (AvgIpc) is 2.85. The fourth-order valence-electron chi connectivity index (χ4n) is 6.74. The molecule has 1 aliphatic heterocycles. The summed E-state index contributed by atoms with van der Waals surface area (Å²) in [4.78, 5) is 23.4. The Kier molecular flexibility index (Phi) is 3.20. The normalized spacial score (nSPS) is 51.4. The summed E-state index contributed by atoms with van der Waals surface area (Å²) in [6, 6.07) is 0.252. The first kappa shape index (κ1) is 15.2. The van der Waals surface area contributed by atoms with E-state index in [0.29, 0.717) is 17.8 Å². The molecule has 0 bridgehead atoms. The van der Waals surface area contributed by atoms with Crippen molar-refractivity contribution in [1.82, 2.24) is 5.32 Å². The number of nitrogens with one attached hydrogen (secondary N) is 1. The lowest BCUT2D eigenvalue weighted by atomic mass is 9.48. The molecule has 0 aromatic rings. The van der Waals surface area contributed by atoms with Gasteiger partial charge in [0.05, 0.1) is 5.92 Å². The Hall–Kier alpha value is -1.32. The van der Waals surface area contributed by atoms with Crippen LogP contribution in [-0.2, 0) is 9.59 Å². The van der Waals surface area contributed by atoms with Crippen LogP contribution in [0.3, 0.4) is 0 Å². The molecule has 4 nitrogen and oxygen atoms in total. The van der Waals surface area contributed by atoms with Crippen LogP contribution in [0.1, 0.15) is 52.4 Å². The zero-order valence-corrected chi connectivity index (χ0v) is 14.0. The third-order valence-electron chi connectivity index (χ3n) is 7.98. The highest BCUT2D eigenvalue weighted by Crippen LogP contribution is 2.64. The number of hydrogen-bond acceptors (Lipinski definition) is 2. The summed E-state index contributed by atoms with van der Waals surface area (Å²) in [6.07, 6.45) is 10.0. The molecule has 2 N–H and O–H groups in total. The van der Waals surface area contributed by atoms with Crippen LogP contribution in [0.15, 0.2) is 12.2 Å². The van der Waals surface area contributed by atoms with Crippen molar-refractivity contribution >= 4 is 11.9 Å².